The fourth-order valence-electron chi connectivity index (χ4n) is 1.81. The van der Waals surface area contributed by atoms with Gasteiger partial charge in [0.25, 0.3) is 0 Å². The van der Waals surface area contributed by atoms with Crippen molar-refractivity contribution in [3.8, 4) is 0 Å². The quantitative estimate of drug-likeness (QED) is 0.836. The molecule has 94 valence electrons. The molecule has 0 amide bonds. The highest BCUT2D eigenvalue weighted by Gasteiger charge is 2.07. The third kappa shape index (κ3) is 2.97. The summed E-state index contributed by atoms with van der Waals surface area (Å²) in [5, 5.41) is 0. The minimum absolute atomic E-state index is 0.791. The molecule has 18 heavy (non-hydrogen) atoms. The third-order valence-corrected chi connectivity index (χ3v) is 2.85. The van der Waals surface area contributed by atoms with E-state index in [1.807, 2.05) is 37.3 Å². The Hall–Kier alpha value is -2.10. The van der Waals surface area contributed by atoms with Crippen molar-refractivity contribution in [1.82, 2.24) is 9.97 Å². The van der Waals surface area contributed by atoms with Crippen molar-refractivity contribution >= 4 is 11.5 Å². The normalized spacial score (nSPS) is 10.3. The van der Waals surface area contributed by atoms with Crippen molar-refractivity contribution < 1.29 is 0 Å². The fraction of sp³-hybridized carbons (Fsp3) is 0.286. The monoisotopic (exact) mass is 242 g/mol. The van der Waals surface area contributed by atoms with E-state index in [2.05, 4.69) is 21.8 Å². The Morgan fingerprint density at radius 3 is 2.50 bits per heavy atom. The predicted molar refractivity (Wildman–Crippen MR) is 74.3 cm³/mol. The molecule has 0 aliphatic rings. The van der Waals surface area contributed by atoms with E-state index in [-0.39, 0.29) is 0 Å². The highest BCUT2D eigenvalue weighted by atomic mass is 15.2. The molecule has 1 aromatic heterocycles. The largest absolute Gasteiger partial charge is 0.399 e. The lowest BCUT2D eigenvalue weighted by Gasteiger charge is -2.22. The number of rotatable bonds is 4. The Bertz CT molecular complexity index is 507. The smallest absolute Gasteiger partial charge is 0.132 e. The maximum Gasteiger partial charge on any atom is 0.132 e. The summed E-state index contributed by atoms with van der Waals surface area (Å²) in [6.07, 6.45) is 1.61. The molecule has 2 rings (SSSR count). The van der Waals surface area contributed by atoms with Crippen LogP contribution in [0.3, 0.4) is 0 Å². The minimum atomic E-state index is 0.791. The Morgan fingerprint density at radius 1 is 1.17 bits per heavy atom. The van der Waals surface area contributed by atoms with Gasteiger partial charge in [-0.15, -0.1) is 0 Å². The van der Waals surface area contributed by atoms with Crippen LogP contribution in [-0.4, -0.2) is 16.5 Å². The molecule has 0 unspecified atom stereocenters. The van der Waals surface area contributed by atoms with E-state index in [0.717, 1.165) is 30.3 Å². The molecule has 0 saturated heterocycles. The van der Waals surface area contributed by atoms with Crippen LogP contribution >= 0.6 is 0 Å². The molecule has 2 aromatic rings. The van der Waals surface area contributed by atoms with Gasteiger partial charge in [0.15, 0.2) is 0 Å². The maximum absolute atomic E-state index is 5.69. The summed E-state index contributed by atoms with van der Waals surface area (Å²) in [5.41, 5.74) is 8.68. The minimum Gasteiger partial charge on any atom is -0.399 e. The van der Waals surface area contributed by atoms with Crippen molar-refractivity contribution in [3.05, 3.63) is 47.9 Å². The van der Waals surface area contributed by atoms with E-state index in [1.54, 1.807) is 6.33 Å². The zero-order valence-electron chi connectivity index (χ0n) is 10.8. The van der Waals surface area contributed by atoms with Gasteiger partial charge in [0.1, 0.15) is 12.1 Å². The average molecular weight is 242 g/mol. The average Bonchev–Trinajstić information content (AvgIpc) is 2.38. The van der Waals surface area contributed by atoms with Gasteiger partial charge < -0.3 is 10.6 Å². The van der Waals surface area contributed by atoms with Crippen LogP contribution in [0, 0.1) is 6.92 Å². The first-order valence-electron chi connectivity index (χ1n) is 6.07. The zero-order valence-corrected chi connectivity index (χ0v) is 10.8. The molecule has 4 nitrogen and oxygen atoms in total. The number of hydrogen-bond donors (Lipinski definition) is 1. The summed E-state index contributed by atoms with van der Waals surface area (Å²) in [6, 6.07) is 9.95. The van der Waals surface area contributed by atoms with E-state index in [9.17, 15) is 0 Å². The highest BCUT2D eigenvalue weighted by molar-refractivity contribution is 5.43. The number of aryl methyl sites for hydroxylation is 1. The second kappa shape index (κ2) is 5.49. The second-order valence-electron chi connectivity index (χ2n) is 4.27. The van der Waals surface area contributed by atoms with Gasteiger partial charge in [0, 0.05) is 30.5 Å². The number of nitrogens with two attached hydrogens (primary N) is 1. The van der Waals surface area contributed by atoms with Gasteiger partial charge in [0.2, 0.25) is 0 Å². The number of nitrogens with zero attached hydrogens (tertiary/aromatic N) is 3. The molecule has 0 aliphatic carbocycles. The van der Waals surface area contributed by atoms with E-state index < -0.39 is 0 Å². The molecule has 0 fully saturated rings. The Balaban J connectivity index is 2.17. The van der Waals surface area contributed by atoms with Gasteiger partial charge in [0.05, 0.1) is 0 Å². The van der Waals surface area contributed by atoms with Crippen molar-refractivity contribution in [2.75, 3.05) is 17.2 Å². The summed E-state index contributed by atoms with van der Waals surface area (Å²) in [5.74, 6) is 0.960. The topological polar surface area (TPSA) is 55.0 Å². The lowest BCUT2D eigenvalue weighted by Crippen LogP contribution is -2.23. The number of nitrogen functional groups attached to an aromatic ring is 1. The van der Waals surface area contributed by atoms with Crippen LogP contribution in [0.2, 0.25) is 0 Å². The molecule has 0 radical (unpaired) electrons. The third-order valence-electron chi connectivity index (χ3n) is 2.85. The molecule has 0 saturated carbocycles. The SMILES string of the molecule is CCN(Cc1ccc(N)cc1)c1cc(C)ncn1. The van der Waals surface area contributed by atoms with E-state index in [4.69, 9.17) is 5.73 Å². The van der Waals surface area contributed by atoms with Gasteiger partial charge in [-0.05, 0) is 31.5 Å². The zero-order chi connectivity index (χ0) is 13.0. The van der Waals surface area contributed by atoms with E-state index in [1.165, 1.54) is 5.56 Å². The lowest BCUT2D eigenvalue weighted by molar-refractivity contribution is 0.808. The molecule has 0 bridgehead atoms. The Kier molecular flexibility index (Phi) is 3.77. The maximum atomic E-state index is 5.69. The fourth-order valence-corrected chi connectivity index (χ4v) is 1.81. The van der Waals surface area contributed by atoms with Gasteiger partial charge >= 0.3 is 0 Å². The van der Waals surface area contributed by atoms with Gasteiger partial charge in [-0.1, -0.05) is 12.1 Å². The molecule has 1 heterocycles. The molecular weight excluding hydrogens is 224 g/mol. The molecule has 4 heteroatoms. The molecule has 0 aliphatic heterocycles. The summed E-state index contributed by atoms with van der Waals surface area (Å²) >= 11 is 0. The van der Waals surface area contributed by atoms with Crippen LogP contribution in [0.15, 0.2) is 36.7 Å². The molecule has 1 aromatic carbocycles. The van der Waals surface area contributed by atoms with Crippen LogP contribution in [0.5, 0.6) is 0 Å². The number of hydrogen-bond acceptors (Lipinski definition) is 4. The standard InChI is InChI=1S/C14H18N4/c1-3-18(14-8-11(2)16-10-17-14)9-12-4-6-13(15)7-5-12/h4-8,10H,3,9,15H2,1-2H3. The van der Waals surface area contributed by atoms with E-state index in [0.29, 0.717) is 0 Å². The molecule has 0 spiro atoms. The first-order chi connectivity index (χ1) is 8.69. The van der Waals surface area contributed by atoms with Crippen LogP contribution in [0.25, 0.3) is 0 Å². The van der Waals surface area contributed by atoms with Crippen LogP contribution in [0.1, 0.15) is 18.2 Å². The van der Waals surface area contributed by atoms with Crippen LogP contribution in [-0.2, 0) is 6.54 Å². The van der Waals surface area contributed by atoms with Crippen molar-refractivity contribution in [3.63, 3.8) is 0 Å². The Labute approximate surface area is 107 Å². The summed E-state index contributed by atoms with van der Waals surface area (Å²) in [7, 11) is 0. The van der Waals surface area contributed by atoms with Gasteiger partial charge in [-0.25, -0.2) is 9.97 Å². The van der Waals surface area contributed by atoms with Crippen LogP contribution in [0.4, 0.5) is 11.5 Å². The molecule has 2 N–H and O–H groups in total. The van der Waals surface area contributed by atoms with Crippen molar-refractivity contribution in [1.29, 1.82) is 0 Å². The second-order valence-corrected chi connectivity index (χ2v) is 4.27. The first-order valence-corrected chi connectivity index (χ1v) is 6.07. The molecular formula is C14H18N4. The highest BCUT2D eigenvalue weighted by Crippen LogP contribution is 2.15. The van der Waals surface area contributed by atoms with Gasteiger partial charge in [-0.2, -0.15) is 0 Å². The first kappa shape index (κ1) is 12.4. The summed E-state index contributed by atoms with van der Waals surface area (Å²) in [4.78, 5) is 10.6. The number of aromatic nitrogens is 2. The Morgan fingerprint density at radius 2 is 1.89 bits per heavy atom. The summed E-state index contributed by atoms with van der Waals surface area (Å²) in [6.45, 7) is 5.82. The lowest BCUT2D eigenvalue weighted by atomic mass is 10.2. The molecule has 0 atom stereocenters. The predicted octanol–water partition coefficient (Wildman–Crippen LogP) is 2.39. The van der Waals surface area contributed by atoms with Crippen molar-refractivity contribution in [2.45, 2.75) is 20.4 Å². The van der Waals surface area contributed by atoms with Gasteiger partial charge in [-0.3, -0.25) is 0 Å². The van der Waals surface area contributed by atoms with Crippen LogP contribution < -0.4 is 10.6 Å². The summed E-state index contributed by atoms with van der Waals surface area (Å²) < 4.78 is 0. The number of benzene rings is 1. The number of anilines is 2. The van der Waals surface area contributed by atoms with E-state index >= 15 is 0 Å². The van der Waals surface area contributed by atoms with Crippen molar-refractivity contribution in [2.24, 2.45) is 0 Å².